The van der Waals surface area contributed by atoms with Crippen molar-refractivity contribution in [3.05, 3.63) is 85.0 Å². The molecule has 112 valence electrons. The lowest BCUT2D eigenvalue weighted by molar-refractivity contribution is 0.608. The molecule has 0 spiro atoms. The van der Waals surface area contributed by atoms with E-state index in [1.165, 1.54) is 5.56 Å². The van der Waals surface area contributed by atoms with Crippen LogP contribution >= 0.6 is 0 Å². The van der Waals surface area contributed by atoms with E-state index in [-0.39, 0.29) is 6.17 Å². The molecule has 4 nitrogen and oxygen atoms in total. The van der Waals surface area contributed by atoms with E-state index in [0.717, 1.165) is 22.5 Å². The number of aromatic nitrogens is 2. The van der Waals surface area contributed by atoms with E-state index in [1.54, 1.807) is 12.4 Å². The van der Waals surface area contributed by atoms with E-state index in [0.29, 0.717) is 0 Å². The van der Waals surface area contributed by atoms with Crippen molar-refractivity contribution in [1.29, 1.82) is 0 Å². The van der Waals surface area contributed by atoms with Crippen molar-refractivity contribution in [2.24, 2.45) is 0 Å². The number of nitrogens with one attached hydrogen (secondary N) is 2. The van der Waals surface area contributed by atoms with E-state index in [4.69, 9.17) is 0 Å². The summed E-state index contributed by atoms with van der Waals surface area (Å²) >= 11 is 0. The van der Waals surface area contributed by atoms with Crippen LogP contribution in [0.1, 0.15) is 11.7 Å². The van der Waals surface area contributed by atoms with Crippen LogP contribution in [0.4, 0.5) is 0 Å². The number of nitrogens with zero attached hydrogens (tertiary/aromatic N) is 2. The van der Waals surface area contributed by atoms with Crippen LogP contribution in [-0.2, 0) is 0 Å². The summed E-state index contributed by atoms with van der Waals surface area (Å²) in [5, 5.41) is 6.58. The van der Waals surface area contributed by atoms with Gasteiger partial charge in [-0.1, -0.05) is 42.5 Å². The highest BCUT2D eigenvalue weighted by molar-refractivity contribution is 5.81. The Morgan fingerprint density at radius 2 is 1.48 bits per heavy atom. The first-order chi connectivity index (χ1) is 11.4. The van der Waals surface area contributed by atoms with Gasteiger partial charge in [0.1, 0.15) is 6.17 Å². The van der Waals surface area contributed by atoms with Gasteiger partial charge in [-0.25, -0.2) is 9.97 Å². The highest BCUT2D eigenvalue weighted by atomic mass is 15.1. The molecule has 0 unspecified atom stereocenters. The smallest absolute Gasteiger partial charge is 0.159 e. The molecular formula is C19H16N4. The molecule has 0 aliphatic carbocycles. The predicted molar refractivity (Wildman–Crippen MR) is 91.1 cm³/mol. The Bertz CT molecular complexity index is 821. The zero-order valence-electron chi connectivity index (χ0n) is 12.5. The molecule has 3 aromatic rings. The zero-order valence-corrected chi connectivity index (χ0v) is 12.5. The largest absolute Gasteiger partial charge is 0.366 e. The van der Waals surface area contributed by atoms with Crippen LogP contribution in [0.2, 0.25) is 0 Å². The van der Waals surface area contributed by atoms with Gasteiger partial charge in [-0.3, -0.25) is 0 Å². The molecule has 2 aromatic carbocycles. The third-order valence-electron chi connectivity index (χ3n) is 3.88. The SMILES string of the molecule is C1=CNC(c2ccc(-c3ncccn3)c(-c3ccccc3)c2)N1. The van der Waals surface area contributed by atoms with Gasteiger partial charge >= 0.3 is 0 Å². The maximum atomic E-state index is 4.41. The predicted octanol–water partition coefficient (Wildman–Crippen LogP) is 3.47. The minimum absolute atomic E-state index is 0.100. The molecule has 1 aliphatic heterocycles. The van der Waals surface area contributed by atoms with Crippen LogP contribution in [0.15, 0.2) is 79.4 Å². The van der Waals surface area contributed by atoms with Gasteiger partial charge in [-0.05, 0) is 28.8 Å². The van der Waals surface area contributed by atoms with E-state index >= 15 is 0 Å². The lowest BCUT2D eigenvalue weighted by Gasteiger charge is -2.16. The monoisotopic (exact) mass is 300 g/mol. The van der Waals surface area contributed by atoms with Gasteiger partial charge in [-0.2, -0.15) is 0 Å². The number of hydrogen-bond donors (Lipinski definition) is 2. The summed E-state index contributed by atoms with van der Waals surface area (Å²) in [6.07, 6.45) is 7.48. The van der Waals surface area contributed by atoms with Crippen LogP contribution in [0, 0.1) is 0 Å². The Balaban J connectivity index is 1.85. The quantitative estimate of drug-likeness (QED) is 0.777. The van der Waals surface area contributed by atoms with E-state index in [9.17, 15) is 0 Å². The maximum absolute atomic E-state index is 4.41. The number of hydrogen-bond acceptors (Lipinski definition) is 4. The maximum Gasteiger partial charge on any atom is 0.159 e. The average Bonchev–Trinajstić information content (AvgIpc) is 3.17. The lowest BCUT2D eigenvalue weighted by Crippen LogP contribution is -2.20. The third-order valence-corrected chi connectivity index (χ3v) is 3.88. The summed E-state index contributed by atoms with van der Waals surface area (Å²) in [6.45, 7) is 0. The Morgan fingerprint density at radius 3 is 2.22 bits per heavy atom. The van der Waals surface area contributed by atoms with Gasteiger partial charge in [0, 0.05) is 30.4 Å². The van der Waals surface area contributed by atoms with E-state index < -0.39 is 0 Å². The van der Waals surface area contributed by atoms with E-state index in [1.807, 2.05) is 36.7 Å². The molecule has 0 saturated carbocycles. The molecule has 1 aliphatic rings. The molecule has 0 radical (unpaired) electrons. The van der Waals surface area contributed by atoms with E-state index in [2.05, 4.69) is 50.9 Å². The van der Waals surface area contributed by atoms with Crippen molar-refractivity contribution in [1.82, 2.24) is 20.6 Å². The Labute approximate surface area is 134 Å². The highest BCUT2D eigenvalue weighted by Crippen LogP contribution is 2.32. The number of rotatable bonds is 3. The molecule has 0 fully saturated rings. The van der Waals surface area contributed by atoms with Gasteiger partial charge in [-0.15, -0.1) is 0 Å². The first-order valence-electron chi connectivity index (χ1n) is 7.56. The molecule has 4 heteroatoms. The highest BCUT2D eigenvalue weighted by Gasteiger charge is 2.15. The Kier molecular flexibility index (Phi) is 3.48. The first kappa shape index (κ1) is 13.5. The molecule has 4 rings (SSSR count). The second kappa shape index (κ2) is 5.93. The number of benzene rings is 2. The molecule has 0 amide bonds. The normalized spacial score (nSPS) is 13.6. The fourth-order valence-electron chi connectivity index (χ4n) is 2.76. The summed E-state index contributed by atoms with van der Waals surface area (Å²) in [5.41, 5.74) is 4.49. The summed E-state index contributed by atoms with van der Waals surface area (Å²) in [7, 11) is 0. The van der Waals surface area contributed by atoms with Crippen LogP contribution in [-0.4, -0.2) is 9.97 Å². The summed E-state index contributed by atoms with van der Waals surface area (Å²) in [4.78, 5) is 8.82. The molecule has 2 N–H and O–H groups in total. The Hall–Kier alpha value is -3.14. The van der Waals surface area contributed by atoms with Crippen LogP contribution in [0.5, 0.6) is 0 Å². The van der Waals surface area contributed by atoms with Crippen LogP contribution in [0.3, 0.4) is 0 Å². The molecule has 0 atom stereocenters. The minimum Gasteiger partial charge on any atom is -0.366 e. The fourth-order valence-corrected chi connectivity index (χ4v) is 2.76. The molecule has 0 saturated heterocycles. The van der Waals surface area contributed by atoms with Gasteiger partial charge < -0.3 is 10.6 Å². The molecule has 0 bridgehead atoms. The van der Waals surface area contributed by atoms with Crippen LogP contribution < -0.4 is 10.6 Å². The van der Waals surface area contributed by atoms with Crippen molar-refractivity contribution in [2.75, 3.05) is 0 Å². The summed E-state index contributed by atoms with van der Waals surface area (Å²) < 4.78 is 0. The molecule has 23 heavy (non-hydrogen) atoms. The van der Waals surface area contributed by atoms with Crippen molar-refractivity contribution in [3.63, 3.8) is 0 Å². The van der Waals surface area contributed by atoms with Crippen molar-refractivity contribution in [3.8, 4) is 22.5 Å². The fraction of sp³-hybridized carbons (Fsp3) is 0.0526. The standard InChI is InChI=1S/C19H16N4/c1-2-5-14(6-3-1)17-13-15(18-22-11-12-23-18)7-8-16(17)19-20-9-4-10-21-19/h1-13,18,22-23H. The van der Waals surface area contributed by atoms with Gasteiger partial charge in [0.15, 0.2) is 5.82 Å². The summed E-state index contributed by atoms with van der Waals surface area (Å²) in [5.74, 6) is 0.739. The van der Waals surface area contributed by atoms with Gasteiger partial charge in [0.25, 0.3) is 0 Å². The van der Waals surface area contributed by atoms with Crippen molar-refractivity contribution < 1.29 is 0 Å². The summed E-state index contributed by atoms with van der Waals surface area (Å²) in [6, 6.07) is 18.6. The molecule has 2 heterocycles. The van der Waals surface area contributed by atoms with Crippen molar-refractivity contribution >= 4 is 0 Å². The Morgan fingerprint density at radius 1 is 0.739 bits per heavy atom. The second-order valence-corrected chi connectivity index (χ2v) is 5.34. The third kappa shape index (κ3) is 2.66. The van der Waals surface area contributed by atoms with Gasteiger partial charge in [0.2, 0.25) is 0 Å². The molecular weight excluding hydrogens is 284 g/mol. The topological polar surface area (TPSA) is 49.8 Å². The van der Waals surface area contributed by atoms with Crippen molar-refractivity contribution in [2.45, 2.75) is 6.17 Å². The minimum atomic E-state index is 0.100. The lowest BCUT2D eigenvalue weighted by atomic mass is 9.96. The zero-order chi connectivity index (χ0) is 15.5. The second-order valence-electron chi connectivity index (χ2n) is 5.34. The van der Waals surface area contributed by atoms with Gasteiger partial charge in [0.05, 0.1) is 0 Å². The van der Waals surface area contributed by atoms with Crippen LogP contribution in [0.25, 0.3) is 22.5 Å². The molecule has 1 aromatic heterocycles. The first-order valence-corrected chi connectivity index (χ1v) is 7.56. The average molecular weight is 300 g/mol.